The van der Waals surface area contributed by atoms with Gasteiger partial charge in [0.15, 0.2) is 6.04 Å². The molecule has 0 aromatic heterocycles. The van der Waals surface area contributed by atoms with E-state index in [2.05, 4.69) is 21.2 Å². The van der Waals surface area contributed by atoms with Gasteiger partial charge in [0, 0.05) is 10.2 Å². The zero-order valence-corrected chi connectivity index (χ0v) is 10.3. The molecule has 1 aromatic rings. The molecule has 0 aliphatic heterocycles. The average Bonchev–Trinajstić information content (AvgIpc) is 2.28. The fourth-order valence-corrected chi connectivity index (χ4v) is 1.57. The molecule has 1 atom stereocenters. The second-order valence-corrected chi connectivity index (χ2v) is 4.14. The fourth-order valence-electron chi connectivity index (χ4n) is 1.14. The van der Waals surface area contributed by atoms with Crippen LogP contribution < -0.4 is 11.1 Å². The molecule has 0 saturated carbocycles. The van der Waals surface area contributed by atoms with Crippen LogP contribution in [0.2, 0.25) is 0 Å². The maximum absolute atomic E-state index is 11.7. The molecule has 1 aromatic carbocycles. The van der Waals surface area contributed by atoms with Crippen LogP contribution in [0, 0.1) is 0 Å². The van der Waals surface area contributed by atoms with Crippen LogP contribution >= 0.6 is 15.9 Å². The average molecular weight is 303 g/mol. The van der Waals surface area contributed by atoms with Crippen molar-refractivity contribution in [3.63, 3.8) is 0 Å². The Morgan fingerprint density at radius 1 is 1.47 bits per heavy atom. The highest BCUT2D eigenvalue weighted by atomic mass is 79.9. The summed E-state index contributed by atoms with van der Waals surface area (Å²) in [5.41, 5.74) is 6.12. The summed E-state index contributed by atoms with van der Waals surface area (Å²) >= 11 is 3.15. The van der Waals surface area contributed by atoms with Gasteiger partial charge < -0.3 is 21.3 Å². The number of halogens is 1. The highest BCUT2D eigenvalue weighted by Gasteiger charge is 2.20. The highest BCUT2D eigenvalue weighted by Crippen LogP contribution is 2.19. The molecule has 0 aliphatic rings. The van der Waals surface area contributed by atoms with Crippen LogP contribution in [-0.2, 0) is 4.79 Å². The van der Waals surface area contributed by atoms with Gasteiger partial charge >= 0.3 is 5.97 Å². The lowest BCUT2D eigenvalue weighted by Crippen LogP contribution is -2.43. The van der Waals surface area contributed by atoms with Crippen LogP contribution in [0.5, 0.6) is 0 Å². The number of hydrogen-bond acceptors (Lipinski definition) is 4. The molecule has 0 fully saturated rings. The summed E-state index contributed by atoms with van der Waals surface area (Å²) in [5, 5.41) is 19.6. The van der Waals surface area contributed by atoms with Gasteiger partial charge in [-0.1, -0.05) is 0 Å². The molecule has 7 heteroatoms. The predicted octanol–water partition coefficient (Wildman–Crippen LogP) is 0.207. The van der Waals surface area contributed by atoms with E-state index in [0.29, 0.717) is 10.2 Å². The Labute approximate surface area is 106 Å². The zero-order chi connectivity index (χ0) is 13.0. The number of hydrogen-bond donors (Lipinski definition) is 4. The molecule has 0 aliphatic carbocycles. The topological polar surface area (TPSA) is 113 Å². The molecule has 5 N–H and O–H groups in total. The van der Waals surface area contributed by atoms with Gasteiger partial charge in [-0.05, 0) is 34.1 Å². The van der Waals surface area contributed by atoms with E-state index in [4.69, 9.17) is 15.9 Å². The monoisotopic (exact) mass is 302 g/mol. The third-order valence-corrected chi connectivity index (χ3v) is 2.71. The van der Waals surface area contributed by atoms with Crippen molar-refractivity contribution in [3.05, 3.63) is 28.2 Å². The van der Waals surface area contributed by atoms with E-state index in [-0.39, 0.29) is 5.56 Å². The standard InChI is InChI=1S/C10H11BrN2O4/c11-7-2-1-5(12)3-6(7)9(15)13-8(4-14)10(16)17/h1-3,8,14H,4,12H2,(H,13,15)(H,16,17)/t8-/m1/s1. The summed E-state index contributed by atoms with van der Waals surface area (Å²) in [5.74, 6) is -1.92. The van der Waals surface area contributed by atoms with Crippen molar-refractivity contribution < 1.29 is 19.8 Å². The summed E-state index contributed by atoms with van der Waals surface area (Å²) in [6.07, 6.45) is 0. The summed E-state index contributed by atoms with van der Waals surface area (Å²) < 4.78 is 0.492. The van der Waals surface area contributed by atoms with Gasteiger partial charge in [-0.3, -0.25) is 4.79 Å². The Morgan fingerprint density at radius 2 is 2.12 bits per heavy atom. The van der Waals surface area contributed by atoms with Crippen molar-refractivity contribution in [1.29, 1.82) is 0 Å². The molecule has 1 rings (SSSR count). The van der Waals surface area contributed by atoms with Crippen LogP contribution in [0.3, 0.4) is 0 Å². The largest absolute Gasteiger partial charge is 0.480 e. The maximum atomic E-state index is 11.7. The molecule has 0 unspecified atom stereocenters. The van der Waals surface area contributed by atoms with Crippen molar-refractivity contribution in [2.45, 2.75) is 6.04 Å². The Bertz CT molecular complexity index is 450. The van der Waals surface area contributed by atoms with Gasteiger partial charge in [-0.25, -0.2) is 4.79 Å². The molecule has 6 nitrogen and oxygen atoms in total. The van der Waals surface area contributed by atoms with Gasteiger partial charge in [-0.2, -0.15) is 0 Å². The fraction of sp³-hybridized carbons (Fsp3) is 0.200. The van der Waals surface area contributed by atoms with Gasteiger partial charge in [0.1, 0.15) is 0 Å². The second kappa shape index (κ2) is 5.65. The lowest BCUT2D eigenvalue weighted by atomic mass is 10.1. The Morgan fingerprint density at radius 3 is 2.65 bits per heavy atom. The van der Waals surface area contributed by atoms with E-state index in [1.807, 2.05) is 0 Å². The third-order valence-electron chi connectivity index (χ3n) is 2.02. The highest BCUT2D eigenvalue weighted by molar-refractivity contribution is 9.10. The molecular weight excluding hydrogens is 292 g/mol. The summed E-state index contributed by atoms with van der Waals surface area (Å²) in [6.45, 7) is -0.680. The smallest absolute Gasteiger partial charge is 0.328 e. The van der Waals surface area contributed by atoms with E-state index >= 15 is 0 Å². The number of nitrogen functional groups attached to an aromatic ring is 1. The van der Waals surface area contributed by atoms with Crippen LogP contribution in [0.15, 0.2) is 22.7 Å². The molecule has 17 heavy (non-hydrogen) atoms. The number of carbonyl (C=O) groups excluding carboxylic acids is 1. The van der Waals surface area contributed by atoms with Crippen LogP contribution in [-0.4, -0.2) is 34.7 Å². The lowest BCUT2D eigenvalue weighted by Gasteiger charge is -2.12. The number of carboxylic acids is 1. The first-order valence-corrected chi connectivity index (χ1v) is 5.44. The van der Waals surface area contributed by atoms with E-state index in [9.17, 15) is 9.59 Å². The number of carboxylic acid groups (broad SMARTS) is 1. The number of benzene rings is 1. The van der Waals surface area contributed by atoms with E-state index in [0.717, 1.165) is 0 Å². The minimum absolute atomic E-state index is 0.213. The normalized spacial score (nSPS) is 11.9. The molecular formula is C10H11BrN2O4. The number of carbonyl (C=O) groups is 2. The number of aliphatic carboxylic acids is 1. The van der Waals surface area contributed by atoms with Crippen LogP contribution in [0.4, 0.5) is 5.69 Å². The molecule has 0 bridgehead atoms. The molecule has 0 saturated heterocycles. The van der Waals surface area contributed by atoms with Crippen molar-refractivity contribution in [2.75, 3.05) is 12.3 Å². The van der Waals surface area contributed by atoms with Gasteiger partial charge in [0.2, 0.25) is 0 Å². The summed E-state index contributed by atoms with van der Waals surface area (Å²) in [6, 6.07) is 3.26. The van der Waals surface area contributed by atoms with Crippen molar-refractivity contribution in [2.24, 2.45) is 0 Å². The quantitative estimate of drug-likeness (QED) is 0.594. The zero-order valence-electron chi connectivity index (χ0n) is 8.68. The minimum Gasteiger partial charge on any atom is -0.480 e. The van der Waals surface area contributed by atoms with Crippen LogP contribution in [0.1, 0.15) is 10.4 Å². The minimum atomic E-state index is -1.34. The van der Waals surface area contributed by atoms with Crippen molar-refractivity contribution in [1.82, 2.24) is 5.32 Å². The first-order chi connectivity index (χ1) is 7.95. The van der Waals surface area contributed by atoms with E-state index in [1.54, 1.807) is 12.1 Å². The number of anilines is 1. The Hall–Kier alpha value is -1.60. The molecule has 0 spiro atoms. The summed E-state index contributed by atoms with van der Waals surface area (Å²) in [4.78, 5) is 22.4. The molecule has 0 heterocycles. The molecule has 0 radical (unpaired) electrons. The van der Waals surface area contributed by atoms with Gasteiger partial charge in [-0.15, -0.1) is 0 Å². The predicted molar refractivity (Wildman–Crippen MR) is 64.5 cm³/mol. The van der Waals surface area contributed by atoms with Crippen LogP contribution in [0.25, 0.3) is 0 Å². The van der Waals surface area contributed by atoms with Gasteiger partial charge in [0.05, 0.1) is 12.2 Å². The number of rotatable bonds is 4. The second-order valence-electron chi connectivity index (χ2n) is 3.29. The van der Waals surface area contributed by atoms with E-state index < -0.39 is 24.5 Å². The SMILES string of the molecule is Nc1ccc(Br)c(C(=O)N[C@H](CO)C(=O)O)c1. The van der Waals surface area contributed by atoms with Crippen molar-refractivity contribution >= 4 is 33.5 Å². The Kier molecular flexibility index (Phi) is 4.47. The van der Waals surface area contributed by atoms with E-state index in [1.165, 1.54) is 6.07 Å². The molecule has 92 valence electrons. The van der Waals surface area contributed by atoms with Gasteiger partial charge in [0.25, 0.3) is 5.91 Å². The first-order valence-electron chi connectivity index (χ1n) is 4.65. The lowest BCUT2D eigenvalue weighted by molar-refractivity contribution is -0.140. The maximum Gasteiger partial charge on any atom is 0.328 e. The molecule has 1 amide bonds. The Balaban J connectivity index is 2.89. The summed E-state index contributed by atoms with van der Waals surface area (Å²) in [7, 11) is 0. The first kappa shape index (κ1) is 13.5. The number of nitrogens with one attached hydrogen (secondary N) is 1. The number of amides is 1. The van der Waals surface area contributed by atoms with Crippen molar-refractivity contribution in [3.8, 4) is 0 Å². The number of aliphatic hydroxyl groups excluding tert-OH is 1. The number of nitrogens with two attached hydrogens (primary N) is 1. The third kappa shape index (κ3) is 3.43. The number of aliphatic hydroxyl groups is 1.